The van der Waals surface area contributed by atoms with E-state index in [0.717, 1.165) is 6.54 Å². The third-order valence-electron chi connectivity index (χ3n) is 2.59. The number of carbonyl (C=O) groups excluding carboxylic acids is 1. The van der Waals surface area contributed by atoms with E-state index in [4.69, 9.17) is 4.74 Å². The number of amides is 1. The van der Waals surface area contributed by atoms with Gasteiger partial charge >= 0.3 is 0 Å². The van der Waals surface area contributed by atoms with Gasteiger partial charge in [-0.1, -0.05) is 13.8 Å². The third-order valence-corrected chi connectivity index (χ3v) is 2.59. The first-order chi connectivity index (χ1) is 6.61. The summed E-state index contributed by atoms with van der Waals surface area (Å²) in [5, 5.41) is 6.08. The van der Waals surface area contributed by atoms with E-state index in [1.807, 2.05) is 6.92 Å². The fourth-order valence-electron chi connectivity index (χ4n) is 1.22. The van der Waals surface area contributed by atoms with Gasteiger partial charge in [0.25, 0.3) is 5.91 Å². The maximum atomic E-state index is 11.6. The Kier molecular flexibility index (Phi) is 4.35. The van der Waals surface area contributed by atoms with Crippen molar-refractivity contribution in [2.45, 2.75) is 32.9 Å². The van der Waals surface area contributed by atoms with Crippen LogP contribution in [-0.2, 0) is 9.53 Å². The molecule has 0 spiro atoms. The fraction of sp³-hybridized carbons (Fsp3) is 0.900. The molecule has 0 radical (unpaired) electrons. The molecule has 4 nitrogen and oxygen atoms in total. The zero-order chi connectivity index (χ0) is 10.6. The lowest BCUT2D eigenvalue weighted by molar-refractivity contribution is -0.135. The van der Waals surface area contributed by atoms with Crippen LogP contribution in [-0.4, -0.2) is 37.7 Å². The molecular formula is C10H20N2O2. The lowest BCUT2D eigenvalue weighted by atomic mass is 10.1. The first kappa shape index (κ1) is 11.5. The van der Waals surface area contributed by atoms with Gasteiger partial charge in [-0.3, -0.25) is 4.79 Å². The topological polar surface area (TPSA) is 50.4 Å². The van der Waals surface area contributed by atoms with E-state index in [-0.39, 0.29) is 18.1 Å². The second-order valence-electron chi connectivity index (χ2n) is 4.10. The molecule has 0 aromatic heterocycles. The predicted octanol–water partition coefficient (Wildman–Crippen LogP) is 0.136. The maximum Gasteiger partial charge on any atom is 0.250 e. The van der Waals surface area contributed by atoms with Crippen molar-refractivity contribution in [3.8, 4) is 0 Å². The molecule has 0 aromatic carbocycles. The van der Waals surface area contributed by atoms with E-state index in [1.165, 1.54) is 0 Å². The molecule has 4 heteroatoms. The van der Waals surface area contributed by atoms with Crippen LogP contribution in [0, 0.1) is 5.92 Å². The van der Waals surface area contributed by atoms with Gasteiger partial charge in [-0.2, -0.15) is 0 Å². The van der Waals surface area contributed by atoms with Crippen molar-refractivity contribution < 1.29 is 9.53 Å². The van der Waals surface area contributed by atoms with Crippen LogP contribution in [0.1, 0.15) is 20.8 Å². The Morgan fingerprint density at radius 1 is 1.50 bits per heavy atom. The number of carbonyl (C=O) groups is 1. The van der Waals surface area contributed by atoms with Crippen LogP contribution < -0.4 is 10.6 Å². The molecule has 1 heterocycles. The van der Waals surface area contributed by atoms with Gasteiger partial charge in [-0.15, -0.1) is 0 Å². The van der Waals surface area contributed by atoms with Crippen LogP contribution >= 0.6 is 0 Å². The Morgan fingerprint density at radius 2 is 2.21 bits per heavy atom. The van der Waals surface area contributed by atoms with E-state index in [1.54, 1.807) is 0 Å². The fourth-order valence-corrected chi connectivity index (χ4v) is 1.22. The molecule has 14 heavy (non-hydrogen) atoms. The molecule has 1 amide bonds. The van der Waals surface area contributed by atoms with E-state index in [9.17, 15) is 4.79 Å². The third kappa shape index (κ3) is 3.27. The molecule has 0 aromatic rings. The highest BCUT2D eigenvalue weighted by Gasteiger charge is 2.23. The average Bonchev–Trinajstić information content (AvgIpc) is 2.19. The molecule has 0 saturated carbocycles. The van der Waals surface area contributed by atoms with Crippen LogP contribution in [0.2, 0.25) is 0 Å². The number of hydrogen-bond donors (Lipinski definition) is 2. The highest BCUT2D eigenvalue weighted by Crippen LogP contribution is 2.02. The van der Waals surface area contributed by atoms with E-state index in [2.05, 4.69) is 24.5 Å². The van der Waals surface area contributed by atoms with Gasteiger partial charge in [0.1, 0.15) is 6.10 Å². The van der Waals surface area contributed by atoms with E-state index >= 15 is 0 Å². The number of nitrogens with one attached hydrogen (secondary N) is 2. The number of ether oxygens (including phenoxy) is 1. The maximum absolute atomic E-state index is 11.6. The molecule has 0 aliphatic carbocycles. The van der Waals surface area contributed by atoms with Crippen molar-refractivity contribution in [1.29, 1.82) is 0 Å². The molecule has 2 N–H and O–H groups in total. The summed E-state index contributed by atoms with van der Waals surface area (Å²) < 4.78 is 5.35. The molecule has 1 unspecified atom stereocenters. The molecule has 2 atom stereocenters. The van der Waals surface area contributed by atoms with Crippen molar-refractivity contribution in [1.82, 2.24) is 10.6 Å². The van der Waals surface area contributed by atoms with Gasteiger partial charge in [-0.05, 0) is 12.8 Å². The summed E-state index contributed by atoms with van der Waals surface area (Å²) in [6.07, 6.45) is -0.315. The summed E-state index contributed by atoms with van der Waals surface area (Å²) >= 11 is 0. The van der Waals surface area contributed by atoms with Gasteiger partial charge in [-0.25, -0.2) is 0 Å². The van der Waals surface area contributed by atoms with Crippen LogP contribution in [0.4, 0.5) is 0 Å². The minimum Gasteiger partial charge on any atom is -0.366 e. The van der Waals surface area contributed by atoms with Crippen LogP contribution in [0.15, 0.2) is 0 Å². The van der Waals surface area contributed by atoms with Crippen molar-refractivity contribution in [3.05, 3.63) is 0 Å². The monoisotopic (exact) mass is 200 g/mol. The zero-order valence-electron chi connectivity index (χ0n) is 9.17. The summed E-state index contributed by atoms with van der Waals surface area (Å²) in [5.74, 6) is 0.453. The van der Waals surface area contributed by atoms with Gasteiger partial charge in [0.2, 0.25) is 0 Å². The Morgan fingerprint density at radius 3 is 2.71 bits per heavy atom. The summed E-state index contributed by atoms with van der Waals surface area (Å²) in [6, 6.07) is 0.202. The molecule has 1 aliphatic heterocycles. The summed E-state index contributed by atoms with van der Waals surface area (Å²) in [4.78, 5) is 11.6. The normalized spacial score (nSPS) is 24.7. The largest absolute Gasteiger partial charge is 0.366 e. The number of morpholine rings is 1. The Hall–Kier alpha value is -0.610. The number of hydrogen-bond acceptors (Lipinski definition) is 3. The standard InChI is InChI=1S/C10H20N2O2/c1-7(2)8(3)12-10(13)9-6-11-4-5-14-9/h7-9,11H,4-6H2,1-3H3,(H,12,13)/t8?,9-/m1/s1. The highest BCUT2D eigenvalue weighted by atomic mass is 16.5. The molecule has 1 saturated heterocycles. The van der Waals surface area contributed by atoms with Crippen molar-refractivity contribution in [2.75, 3.05) is 19.7 Å². The van der Waals surface area contributed by atoms with Crippen LogP contribution in [0.5, 0.6) is 0 Å². The van der Waals surface area contributed by atoms with Gasteiger partial charge in [0.15, 0.2) is 0 Å². The molecule has 0 bridgehead atoms. The average molecular weight is 200 g/mol. The predicted molar refractivity (Wildman–Crippen MR) is 55.1 cm³/mol. The number of rotatable bonds is 3. The quantitative estimate of drug-likeness (QED) is 0.681. The summed E-state index contributed by atoms with van der Waals surface area (Å²) in [7, 11) is 0. The second kappa shape index (κ2) is 5.32. The molecular weight excluding hydrogens is 180 g/mol. The second-order valence-corrected chi connectivity index (χ2v) is 4.10. The minimum atomic E-state index is -0.315. The highest BCUT2D eigenvalue weighted by molar-refractivity contribution is 5.81. The Labute approximate surface area is 85.4 Å². The van der Waals surface area contributed by atoms with Crippen molar-refractivity contribution in [2.24, 2.45) is 5.92 Å². The first-order valence-corrected chi connectivity index (χ1v) is 5.24. The van der Waals surface area contributed by atoms with Crippen LogP contribution in [0.3, 0.4) is 0 Å². The lowest BCUT2D eigenvalue weighted by Crippen LogP contribution is -2.50. The SMILES string of the molecule is CC(C)C(C)NC(=O)[C@H]1CNCCO1. The smallest absolute Gasteiger partial charge is 0.250 e. The van der Waals surface area contributed by atoms with Crippen LogP contribution in [0.25, 0.3) is 0 Å². The lowest BCUT2D eigenvalue weighted by Gasteiger charge is -2.25. The summed E-state index contributed by atoms with van der Waals surface area (Å²) in [5.41, 5.74) is 0. The van der Waals surface area contributed by atoms with E-state index < -0.39 is 0 Å². The first-order valence-electron chi connectivity index (χ1n) is 5.24. The Balaban J connectivity index is 2.33. The van der Waals surface area contributed by atoms with E-state index in [0.29, 0.717) is 19.1 Å². The molecule has 82 valence electrons. The van der Waals surface area contributed by atoms with Crippen molar-refractivity contribution in [3.63, 3.8) is 0 Å². The van der Waals surface area contributed by atoms with Crippen molar-refractivity contribution >= 4 is 5.91 Å². The molecule has 1 fully saturated rings. The van der Waals surface area contributed by atoms with Gasteiger partial charge in [0.05, 0.1) is 6.61 Å². The molecule has 1 aliphatic rings. The molecule has 1 rings (SSSR count). The zero-order valence-corrected chi connectivity index (χ0v) is 9.17. The summed E-state index contributed by atoms with van der Waals surface area (Å²) in [6.45, 7) is 8.27. The van der Waals surface area contributed by atoms with Gasteiger partial charge in [0, 0.05) is 19.1 Å². The minimum absolute atomic E-state index is 0.00148. The Bertz CT molecular complexity index is 189. The van der Waals surface area contributed by atoms with Gasteiger partial charge < -0.3 is 15.4 Å².